The number of fused-ring (bicyclic) bond motifs is 2. The normalized spacial score (nSPS) is 12.9. The number of hydrogen-bond donors (Lipinski definition) is 0. The molecule has 0 bridgehead atoms. The fraction of sp³-hybridized carbons (Fsp3) is 0.130. The van der Waals surface area contributed by atoms with Crippen LogP contribution in [0.2, 0.25) is 5.02 Å². The van der Waals surface area contributed by atoms with Gasteiger partial charge in [-0.1, -0.05) is 47.6 Å². The first-order chi connectivity index (χ1) is 16.0. The van der Waals surface area contributed by atoms with Crippen LogP contribution in [0.4, 0.5) is 5.69 Å². The van der Waals surface area contributed by atoms with Crippen LogP contribution in [0, 0.1) is 10.1 Å². The van der Waals surface area contributed by atoms with Gasteiger partial charge in [-0.25, -0.2) is 4.98 Å². The van der Waals surface area contributed by atoms with Crippen molar-refractivity contribution in [2.45, 2.75) is 17.5 Å². The summed E-state index contributed by atoms with van der Waals surface area (Å²) in [7, 11) is 0. The number of rotatable bonds is 5. The molecule has 2 heterocycles. The second-order valence-corrected chi connectivity index (χ2v) is 8.60. The van der Waals surface area contributed by atoms with E-state index in [2.05, 4.69) is 0 Å². The Kier molecular flexibility index (Phi) is 5.76. The SMILES string of the molecule is O=c1c2ccccc2nc(SCc2cc([N+](=O)[O-])cc3c2OCOC3)n1-c1ccccc1Cl. The third kappa shape index (κ3) is 4.06. The second kappa shape index (κ2) is 8.86. The molecule has 0 aliphatic carbocycles. The molecule has 0 unspecified atom stereocenters. The molecule has 0 saturated heterocycles. The van der Waals surface area contributed by atoms with Crippen molar-refractivity contribution in [1.82, 2.24) is 9.55 Å². The lowest BCUT2D eigenvalue weighted by molar-refractivity contribution is -0.385. The molecule has 1 aromatic heterocycles. The number of thioether (sulfide) groups is 1. The van der Waals surface area contributed by atoms with E-state index in [9.17, 15) is 14.9 Å². The lowest BCUT2D eigenvalue weighted by Gasteiger charge is -2.20. The van der Waals surface area contributed by atoms with Gasteiger partial charge in [0.2, 0.25) is 0 Å². The summed E-state index contributed by atoms with van der Waals surface area (Å²) in [4.78, 5) is 29.1. The Labute approximate surface area is 196 Å². The Balaban J connectivity index is 1.63. The summed E-state index contributed by atoms with van der Waals surface area (Å²) >= 11 is 7.69. The van der Waals surface area contributed by atoms with Crippen molar-refractivity contribution in [2.75, 3.05) is 6.79 Å². The van der Waals surface area contributed by atoms with Crippen LogP contribution in [-0.2, 0) is 17.1 Å². The van der Waals surface area contributed by atoms with E-state index in [1.54, 1.807) is 42.5 Å². The summed E-state index contributed by atoms with van der Waals surface area (Å²) < 4.78 is 12.4. The number of nitrogens with zero attached hydrogens (tertiary/aromatic N) is 3. The van der Waals surface area contributed by atoms with Crippen LogP contribution in [0.5, 0.6) is 5.75 Å². The quantitative estimate of drug-likeness (QED) is 0.169. The number of aromatic nitrogens is 2. The van der Waals surface area contributed by atoms with Crippen LogP contribution in [-0.4, -0.2) is 21.3 Å². The molecule has 33 heavy (non-hydrogen) atoms. The zero-order valence-corrected chi connectivity index (χ0v) is 18.6. The largest absolute Gasteiger partial charge is 0.467 e. The van der Waals surface area contributed by atoms with Crippen LogP contribution in [0.1, 0.15) is 11.1 Å². The van der Waals surface area contributed by atoms with Crippen molar-refractivity contribution < 1.29 is 14.4 Å². The molecule has 1 aliphatic heterocycles. The Bertz CT molecular complexity index is 1460. The van der Waals surface area contributed by atoms with Crippen LogP contribution < -0.4 is 10.3 Å². The number of para-hydroxylation sites is 2. The second-order valence-electron chi connectivity index (χ2n) is 7.25. The van der Waals surface area contributed by atoms with E-state index < -0.39 is 4.92 Å². The third-order valence-corrected chi connectivity index (χ3v) is 6.48. The highest BCUT2D eigenvalue weighted by Crippen LogP contribution is 2.36. The molecule has 0 amide bonds. The molecule has 0 spiro atoms. The van der Waals surface area contributed by atoms with Gasteiger partial charge in [0.1, 0.15) is 5.75 Å². The summed E-state index contributed by atoms with van der Waals surface area (Å²) in [6, 6.07) is 17.1. The molecule has 8 nitrogen and oxygen atoms in total. The Morgan fingerprint density at radius 1 is 1.15 bits per heavy atom. The smallest absolute Gasteiger partial charge is 0.270 e. The van der Waals surface area contributed by atoms with Gasteiger partial charge in [-0.15, -0.1) is 0 Å². The van der Waals surface area contributed by atoms with Crippen molar-refractivity contribution in [3.63, 3.8) is 0 Å². The van der Waals surface area contributed by atoms with Gasteiger partial charge in [0.15, 0.2) is 11.9 Å². The highest BCUT2D eigenvalue weighted by atomic mass is 35.5. The molecule has 10 heteroatoms. The van der Waals surface area contributed by atoms with Gasteiger partial charge in [-0.3, -0.25) is 19.5 Å². The highest BCUT2D eigenvalue weighted by Gasteiger charge is 2.22. The fourth-order valence-electron chi connectivity index (χ4n) is 3.69. The van der Waals surface area contributed by atoms with Gasteiger partial charge in [0, 0.05) is 29.0 Å². The zero-order chi connectivity index (χ0) is 22.9. The van der Waals surface area contributed by atoms with E-state index in [0.717, 1.165) is 0 Å². The molecule has 5 rings (SSSR count). The minimum Gasteiger partial charge on any atom is -0.467 e. The maximum atomic E-state index is 13.4. The minimum atomic E-state index is -0.447. The molecule has 1 aliphatic rings. The predicted octanol–water partition coefficient (Wildman–Crippen LogP) is 5.11. The van der Waals surface area contributed by atoms with Gasteiger partial charge < -0.3 is 9.47 Å². The summed E-state index contributed by atoms with van der Waals surface area (Å²) in [5.74, 6) is 0.853. The molecule has 166 valence electrons. The van der Waals surface area contributed by atoms with Gasteiger partial charge in [0.25, 0.3) is 11.2 Å². The maximum absolute atomic E-state index is 13.4. The number of nitro groups is 1. The molecule has 3 aromatic carbocycles. The van der Waals surface area contributed by atoms with Gasteiger partial charge in [0.05, 0.1) is 33.1 Å². The Morgan fingerprint density at radius 3 is 2.76 bits per heavy atom. The van der Waals surface area contributed by atoms with Crippen molar-refractivity contribution in [2.24, 2.45) is 0 Å². The highest BCUT2D eigenvalue weighted by molar-refractivity contribution is 7.98. The average molecular weight is 482 g/mol. The van der Waals surface area contributed by atoms with Gasteiger partial charge >= 0.3 is 0 Å². The van der Waals surface area contributed by atoms with E-state index in [0.29, 0.717) is 49.4 Å². The number of nitro benzene ring substituents is 1. The molecule has 0 atom stereocenters. The van der Waals surface area contributed by atoms with Gasteiger partial charge in [-0.2, -0.15) is 0 Å². The lowest BCUT2D eigenvalue weighted by atomic mass is 10.1. The number of benzene rings is 3. The lowest BCUT2D eigenvalue weighted by Crippen LogP contribution is -2.22. The van der Waals surface area contributed by atoms with Crippen molar-refractivity contribution in [3.05, 3.63) is 97.3 Å². The average Bonchev–Trinajstić information content (AvgIpc) is 2.83. The number of halogens is 1. The molecule has 0 radical (unpaired) electrons. The van der Waals surface area contributed by atoms with Crippen LogP contribution in [0.3, 0.4) is 0 Å². The first-order valence-electron chi connectivity index (χ1n) is 9.93. The molecule has 0 N–H and O–H groups in total. The Hall–Kier alpha value is -3.40. The van der Waals surface area contributed by atoms with Crippen LogP contribution in [0.25, 0.3) is 16.6 Å². The first kappa shape index (κ1) is 21.4. The monoisotopic (exact) mass is 481 g/mol. The minimum absolute atomic E-state index is 0.0478. The molecule has 0 fully saturated rings. The maximum Gasteiger partial charge on any atom is 0.270 e. The summed E-state index contributed by atoms with van der Waals surface area (Å²) in [5.41, 5.74) is 2.01. The summed E-state index contributed by atoms with van der Waals surface area (Å²) in [5, 5.41) is 12.7. The van der Waals surface area contributed by atoms with Crippen molar-refractivity contribution in [1.29, 1.82) is 0 Å². The fourth-order valence-corrected chi connectivity index (χ4v) is 4.88. The number of non-ortho nitro benzene ring substituents is 1. The van der Waals surface area contributed by atoms with Crippen molar-refractivity contribution in [3.8, 4) is 11.4 Å². The molecule has 4 aromatic rings. The van der Waals surface area contributed by atoms with E-state index in [-0.39, 0.29) is 24.6 Å². The van der Waals surface area contributed by atoms with Crippen molar-refractivity contribution >= 4 is 40.0 Å². The van der Waals surface area contributed by atoms with Crippen LogP contribution >= 0.6 is 23.4 Å². The van der Waals surface area contributed by atoms with E-state index in [1.165, 1.54) is 28.5 Å². The third-order valence-electron chi connectivity index (χ3n) is 5.18. The Morgan fingerprint density at radius 2 is 1.94 bits per heavy atom. The van der Waals surface area contributed by atoms with E-state index in [4.69, 9.17) is 26.1 Å². The first-order valence-corrected chi connectivity index (χ1v) is 11.3. The number of hydrogen-bond acceptors (Lipinski definition) is 7. The molecule has 0 saturated carbocycles. The van der Waals surface area contributed by atoms with E-state index >= 15 is 0 Å². The number of ether oxygens (including phenoxy) is 2. The summed E-state index contributed by atoms with van der Waals surface area (Å²) in [6.45, 7) is 0.300. The standard InChI is InChI=1S/C23H16ClN3O5S/c24-18-6-2-4-8-20(18)26-22(28)17-5-1-3-7-19(17)25-23(26)33-12-15-10-16(27(29)30)9-14-11-31-13-32-21(14)15/h1-10H,11-13H2. The summed E-state index contributed by atoms with van der Waals surface area (Å²) in [6.07, 6.45) is 0. The van der Waals surface area contributed by atoms with Gasteiger partial charge in [-0.05, 0) is 24.3 Å². The zero-order valence-electron chi connectivity index (χ0n) is 17.1. The molecular weight excluding hydrogens is 466 g/mol. The van der Waals surface area contributed by atoms with Crippen LogP contribution in [0.15, 0.2) is 70.6 Å². The topological polar surface area (TPSA) is 96.5 Å². The predicted molar refractivity (Wildman–Crippen MR) is 125 cm³/mol. The van der Waals surface area contributed by atoms with E-state index in [1.807, 2.05) is 6.07 Å². The molecular formula is C23H16ClN3O5S.